The van der Waals surface area contributed by atoms with Gasteiger partial charge in [0.2, 0.25) is 11.8 Å². The highest BCUT2D eigenvalue weighted by atomic mass is 35.5. The number of nitrogens with one attached hydrogen (secondary N) is 1. The predicted molar refractivity (Wildman–Crippen MR) is 152 cm³/mol. The number of ether oxygens (including phenoxy) is 2. The summed E-state index contributed by atoms with van der Waals surface area (Å²) in [4.78, 5) is 76.5. The highest BCUT2D eigenvalue weighted by Crippen LogP contribution is 2.25. The quantitative estimate of drug-likeness (QED) is 0.280. The number of amides is 3. The Bertz CT molecular complexity index is 1300. The molecule has 14 heteroatoms. The molecule has 0 heterocycles. The molecule has 0 aliphatic carbocycles. The van der Waals surface area contributed by atoms with E-state index in [0.717, 1.165) is 0 Å². The highest BCUT2D eigenvalue weighted by molar-refractivity contribution is 6.39. The van der Waals surface area contributed by atoms with Gasteiger partial charge in [0, 0.05) is 0 Å². The maximum atomic E-state index is 13.2. The number of halogens is 2. The van der Waals surface area contributed by atoms with Crippen molar-refractivity contribution in [1.82, 2.24) is 10.2 Å². The van der Waals surface area contributed by atoms with Gasteiger partial charge in [0.25, 0.3) is 0 Å². The van der Waals surface area contributed by atoms with Gasteiger partial charge in [-0.15, -0.1) is 0 Å². The van der Waals surface area contributed by atoms with Gasteiger partial charge in [-0.25, -0.2) is 14.5 Å². The zero-order chi connectivity index (χ0) is 31.6. The normalized spacial score (nSPS) is 12.9. The van der Waals surface area contributed by atoms with Gasteiger partial charge in [0.05, 0.1) is 28.1 Å². The molecular formula is C28H31Cl2N3O9. The molecule has 0 spiro atoms. The van der Waals surface area contributed by atoms with Crippen molar-refractivity contribution in [2.75, 3.05) is 6.61 Å². The molecule has 0 bridgehead atoms. The smallest absolute Gasteiger partial charge is 0.417 e. The van der Waals surface area contributed by atoms with E-state index < -0.39 is 72.7 Å². The van der Waals surface area contributed by atoms with Crippen LogP contribution in [0.25, 0.3) is 0 Å². The summed E-state index contributed by atoms with van der Waals surface area (Å²) in [6, 6.07) is 8.37. The number of benzene rings is 2. The van der Waals surface area contributed by atoms with Gasteiger partial charge >= 0.3 is 18.0 Å². The van der Waals surface area contributed by atoms with Crippen LogP contribution >= 0.6 is 23.2 Å². The van der Waals surface area contributed by atoms with E-state index in [2.05, 4.69) is 5.32 Å². The second-order valence-corrected chi connectivity index (χ2v) is 10.3. The van der Waals surface area contributed by atoms with E-state index in [0.29, 0.717) is 10.5 Å². The van der Waals surface area contributed by atoms with E-state index >= 15 is 0 Å². The number of imide groups is 1. The monoisotopic (exact) mass is 623 g/mol. The first-order valence-corrected chi connectivity index (χ1v) is 13.5. The molecule has 2 aromatic carbocycles. The minimum Gasteiger partial charge on any atom is -0.481 e. The molecule has 1 unspecified atom stereocenters. The summed E-state index contributed by atoms with van der Waals surface area (Å²) in [5, 5.41) is 11.5. The lowest BCUT2D eigenvalue weighted by atomic mass is 10.0. The Hall–Kier alpha value is -4.00. The van der Waals surface area contributed by atoms with Crippen LogP contribution in [-0.2, 0) is 35.3 Å². The number of nitrogens with two attached hydrogens (primary N) is 1. The van der Waals surface area contributed by atoms with E-state index in [1.807, 2.05) is 0 Å². The molecule has 12 nitrogen and oxygen atoms in total. The van der Waals surface area contributed by atoms with Crippen LogP contribution in [0.2, 0.25) is 10.0 Å². The average molecular weight is 624 g/mol. The lowest BCUT2D eigenvalue weighted by Crippen LogP contribution is -2.58. The van der Waals surface area contributed by atoms with E-state index in [1.165, 1.54) is 25.1 Å². The van der Waals surface area contributed by atoms with Gasteiger partial charge < -0.3 is 25.6 Å². The second-order valence-electron chi connectivity index (χ2n) is 9.49. The second kappa shape index (κ2) is 15.9. The number of nitrogens with zero attached hydrogens (tertiary/aromatic N) is 1. The van der Waals surface area contributed by atoms with Crippen LogP contribution in [0.3, 0.4) is 0 Å². The fraction of sp³-hybridized carbons (Fsp3) is 0.357. The lowest BCUT2D eigenvalue weighted by Gasteiger charge is -2.30. The fourth-order valence-electron chi connectivity index (χ4n) is 3.51. The largest absolute Gasteiger partial charge is 0.481 e. The average Bonchev–Trinajstić information content (AvgIpc) is 2.94. The molecule has 0 radical (unpaired) electrons. The molecule has 2 rings (SSSR count). The van der Waals surface area contributed by atoms with Gasteiger partial charge in [-0.05, 0) is 30.5 Å². The minimum atomic E-state index is -1.69. The van der Waals surface area contributed by atoms with Gasteiger partial charge in [-0.1, -0.05) is 73.4 Å². The number of ketones is 1. The Morgan fingerprint density at radius 3 is 2.07 bits per heavy atom. The van der Waals surface area contributed by atoms with Crippen LogP contribution < -0.4 is 11.1 Å². The maximum absolute atomic E-state index is 13.2. The molecule has 0 aromatic heterocycles. The van der Waals surface area contributed by atoms with Crippen molar-refractivity contribution in [3.8, 4) is 0 Å². The SMILES string of the molecule is CC(C)[C@H](N)C(=O)N(C(=O)OCc1ccccc1)[C@@H](C)C(=O)NC(CC(=O)O)C(=O)COC(=O)c1c(Cl)cccc1Cl. The van der Waals surface area contributed by atoms with E-state index in [1.54, 1.807) is 44.2 Å². The number of carbonyl (C=O) groups is 6. The number of Topliss-reactive ketones (excluding diaryl/α,β-unsaturated/α-hetero) is 1. The molecule has 0 saturated heterocycles. The number of carbonyl (C=O) groups excluding carboxylic acids is 5. The summed E-state index contributed by atoms with van der Waals surface area (Å²) in [6.07, 6.45) is -2.06. The Morgan fingerprint density at radius 1 is 0.929 bits per heavy atom. The van der Waals surface area contributed by atoms with E-state index in [4.69, 9.17) is 38.4 Å². The van der Waals surface area contributed by atoms with Crippen molar-refractivity contribution in [1.29, 1.82) is 0 Å². The molecule has 3 atom stereocenters. The van der Waals surface area contributed by atoms with Crippen LogP contribution in [0.1, 0.15) is 43.1 Å². The minimum absolute atomic E-state index is 0.0346. The van der Waals surface area contributed by atoms with Crippen molar-refractivity contribution < 1.29 is 43.3 Å². The Balaban J connectivity index is 2.20. The lowest BCUT2D eigenvalue weighted by molar-refractivity contribution is -0.143. The molecular weight excluding hydrogens is 593 g/mol. The number of carboxylic acids is 1. The fourth-order valence-corrected chi connectivity index (χ4v) is 4.06. The first-order chi connectivity index (χ1) is 19.7. The molecule has 0 saturated carbocycles. The molecule has 0 fully saturated rings. The number of rotatable bonds is 13. The van der Waals surface area contributed by atoms with E-state index in [-0.39, 0.29) is 22.2 Å². The third-order valence-corrected chi connectivity index (χ3v) is 6.64. The van der Waals surface area contributed by atoms with Gasteiger partial charge in [-0.3, -0.25) is 19.2 Å². The molecule has 0 aliphatic heterocycles. The summed E-state index contributed by atoms with van der Waals surface area (Å²) in [5.74, 6) is -5.89. The summed E-state index contributed by atoms with van der Waals surface area (Å²) < 4.78 is 10.2. The van der Waals surface area contributed by atoms with E-state index in [9.17, 15) is 33.9 Å². The zero-order valence-corrected chi connectivity index (χ0v) is 24.6. The van der Waals surface area contributed by atoms with Crippen LogP contribution in [-0.4, -0.2) is 70.4 Å². The Labute approximate surface area is 252 Å². The summed E-state index contributed by atoms with van der Waals surface area (Å²) in [5.41, 5.74) is 6.38. The zero-order valence-electron chi connectivity index (χ0n) is 23.0. The van der Waals surface area contributed by atoms with Gasteiger partial charge in [-0.2, -0.15) is 0 Å². The molecule has 3 amide bonds. The van der Waals surface area contributed by atoms with Crippen LogP contribution in [0.4, 0.5) is 4.79 Å². The predicted octanol–water partition coefficient (Wildman–Crippen LogP) is 3.22. The number of aliphatic carboxylic acids is 1. The van der Waals surface area contributed by atoms with Gasteiger partial charge in [0.1, 0.15) is 18.7 Å². The van der Waals surface area contributed by atoms with Crippen molar-refractivity contribution in [3.63, 3.8) is 0 Å². The number of carboxylic acid groups (broad SMARTS) is 1. The Kier molecular flexibility index (Phi) is 12.9. The highest BCUT2D eigenvalue weighted by Gasteiger charge is 2.38. The molecule has 2 aromatic rings. The van der Waals surface area contributed by atoms with Crippen LogP contribution in [0.5, 0.6) is 0 Å². The standard InChI is InChI=1S/C28H31Cl2N3O9/c1-15(2)24(31)26(38)33(28(40)42-13-17-8-5-4-6-9-17)16(3)25(37)32-20(12-22(35)36)21(34)14-41-27(39)23-18(29)10-7-11-19(23)30/h4-11,15-16,20,24H,12-14,31H2,1-3H3,(H,32,37)(H,35,36)/t16-,20?,24-/m0/s1. The third kappa shape index (κ3) is 9.54. The van der Waals surface area contributed by atoms with Crippen molar-refractivity contribution >= 4 is 58.8 Å². The molecule has 0 aliphatic rings. The van der Waals surface area contributed by atoms with Crippen molar-refractivity contribution in [2.45, 2.75) is 51.9 Å². The molecule has 4 N–H and O–H groups in total. The van der Waals surface area contributed by atoms with Crippen molar-refractivity contribution in [3.05, 3.63) is 69.7 Å². The summed E-state index contributed by atoms with van der Waals surface area (Å²) >= 11 is 11.9. The van der Waals surface area contributed by atoms with Crippen LogP contribution in [0.15, 0.2) is 48.5 Å². The number of esters is 1. The third-order valence-electron chi connectivity index (χ3n) is 6.01. The Morgan fingerprint density at radius 2 is 1.52 bits per heavy atom. The number of hydrogen-bond acceptors (Lipinski definition) is 9. The van der Waals surface area contributed by atoms with Gasteiger partial charge in [0.15, 0.2) is 12.4 Å². The molecule has 226 valence electrons. The van der Waals surface area contributed by atoms with Crippen LogP contribution in [0, 0.1) is 5.92 Å². The first-order valence-electron chi connectivity index (χ1n) is 12.7. The summed E-state index contributed by atoms with van der Waals surface area (Å²) in [7, 11) is 0. The summed E-state index contributed by atoms with van der Waals surface area (Å²) in [6.45, 7) is 3.31. The maximum Gasteiger partial charge on any atom is 0.417 e. The first kappa shape index (κ1) is 34.2. The number of hydrogen-bond donors (Lipinski definition) is 3. The van der Waals surface area contributed by atoms with Crippen molar-refractivity contribution in [2.24, 2.45) is 11.7 Å². The molecule has 42 heavy (non-hydrogen) atoms. The topological polar surface area (TPSA) is 182 Å².